The van der Waals surface area contributed by atoms with Crippen LogP contribution in [0.5, 0.6) is 0 Å². The van der Waals surface area contributed by atoms with Crippen molar-refractivity contribution in [3.8, 4) is 0 Å². The van der Waals surface area contributed by atoms with Crippen molar-refractivity contribution in [3.63, 3.8) is 0 Å². The average molecular weight is 399 g/mol. The SMILES string of the molecule is CC(CCCC(=O)O)NC(=O)c1cc(Br)sc1Br. The topological polar surface area (TPSA) is 66.4 Å². The third-order valence-corrected chi connectivity index (χ3v) is 4.65. The molecule has 2 N–H and O–H groups in total. The molecule has 0 radical (unpaired) electrons. The highest BCUT2D eigenvalue weighted by Gasteiger charge is 2.15. The zero-order valence-corrected chi connectivity index (χ0v) is 13.7. The van der Waals surface area contributed by atoms with Crippen LogP contribution in [0.4, 0.5) is 0 Å². The molecule has 1 rings (SSSR count). The summed E-state index contributed by atoms with van der Waals surface area (Å²) in [5.41, 5.74) is 0.594. The third-order valence-electron chi connectivity index (χ3n) is 2.31. The van der Waals surface area contributed by atoms with Crippen LogP contribution in [0.3, 0.4) is 0 Å². The maximum atomic E-state index is 11.9. The Kier molecular flexibility index (Phi) is 6.31. The van der Waals surface area contributed by atoms with Gasteiger partial charge in [0.15, 0.2) is 0 Å². The highest BCUT2D eigenvalue weighted by molar-refractivity contribution is 9.12. The first-order valence-electron chi connectivity index (χ1n) is 5.37. The van der Waals surface area contributed by atoms with Crippen LogP contribution >= 0.6 is 43.2 Å². The van der Waals surface area contributed by atoms with E-state index in [0.29, 0.717) is 18.4 Å². The van der Waals surface area contributed by atoms with Gasteiger partial charge in [0.25, 0.3) is 5.91 Å². The van der Waals surface area contributed by atoms with Crippen LogP contribution in [0.15, 0.2) is 13.6 Å². The number of carbonyl (C=O) groups is 2. The van der Waals surface area contributed by atoms with E-state index in [9.17, 15) is 9.59 Å². The van der Waals surface area contributed by atoms with Gasteiger partial charge in [0.2, 0.25) is 0 Å². The molecule has 0 fully saturated rings. The van der Waals surface area contributed by atoms with Crippen molar-refractivity contribution in [1.82, 2.24) is 5.32 Å². The quantitative estimate of drug-likeness (QED) is 0.768. The summed E-state index contributed by atoms with van der Waals surface area (Å²) in [6, 6.07) is 1.72. The Balaban J connectivity index is 2.44. The Hall–Kier alpha value is -0.400. The van der Waals surface area contributed by atoms with Crippen LogP contribution in [0.1, 0.15) is 36.5 Å². The molecule has 7 heteroatoms. The maximum absolute atomic E-state index is 11.9. The van der Waals surface area contributed by atoms with E-state index in [1.807, 2.05) is 6.92 Å². The summed E-state index contributed by atoms with van der Waals surface area (Å²) in [7, 11) is 0. The van der Waals surface area contributed by atoms with E-state index in [1.54, 1.807) is 6.07 Å². The summed E-state index contributed by atoms with van der Waals surface area (Å²) in [4.78, 5) is 22.3. The second-order valence-corrected chi connectivity index (χ2v) is 7.65. The molecule has 0 spiro atoms. The second kappa shape index (κ2) is 7.25. The molecule has 0 aliphatic rings. The molecule has 0 aliphatic carbocycles. The van der Waals surface area contributed by atoms with Gasteiger partial charge in [0.1, 0.15) is 0 Å². The van der Waals surface area contributed by atoms with Gasteiger partial charge in [0.05, 0.1) is 13.1 Å². The molecule has 1 unspecified atom stereocenters. The van der Waals surface area contributed by atoms with Crippen molar-refractivity contribution < 1.29 is 14.7 Å². The first-order valence-corrected chi connectivity index (χ1v) is 7.78. The van der Waals surface area contributed by atoms with Gasteiger partial charge in [-0.25, -0.2) is 0 Å². The minimum absolute atomic E-state index is 0.0394. The van der Waals surface area contributed by atoms with Gasteiger partial charge in [-0.05, 0) is 57.7 Å². The predicted octanol–water partition coefficient (Wildman–Crippen LogP) is 3.65. The van der Waals surface area contributed by atoms with Crippen molar-refractivity contribution in [2.45, 2.75) is 32.2 Å². The lowest BCUT2D eigenvalue weighted by atomic mass is 10.1. The normalized spacial score (nSPS) is 12.2. The lowest BCUT2D eigenvalue weighted by molar-refractivity contribution is -0.137. The molecule has 1 aromatic rings. The summed E-state index contributed by atoms with van der Waals surface area (Å²) < 4.78 is 1.67. The van der Waals surface area contributed by atoms with Gasteiger partial charge >= 0.3 is 5.97 Å². The molecule has 0 aromatic carbocycles. The molecule has 0 bridgehead atoms. The fourth-order valence-electron chi connectivity index (χ4n) is 1.43. The number of amides is 1. The summed E-state index contributed by atoms with van der Waals surface area (Å²) in [5, 5.41) is 11.4. The van der Waals surface area contributed by atoms with Crippen LogP contribution < -0.4 is 5.32 Å². The molecular formula is C11H13Br2NO3S. The smallest absolute Gasteiger partial charge is 0.303 e. The van der Waals surface area contributed by atoms with Gasteiger partial charge in [-0.1, -0.05) is 0 Å². The Bertz CT molecular complexity index is 447. The van der Waals surface area contributed by atoms with Crippen molar-refractivity contribution in [1.29, 1.82) is 0 Å². The lowest BCUT2D eigenvalue weighted by Crippen LogP contribution is -2.32. The Labute approximate surface area is 126 Å². The fourth-order valence-corrected chi connectivity index (χ4v) is 4.22. The first-order chi connectivity index (χ1) is 8.40. The third kappa shape index (κ3) is 5.07. The maximum Gasteiger partial charge on any atom is 0.303 e. The molecule has 1 aromatic heterocycles. The number of halogens is 2. The number of carboxylic acids is 1. The van der Waals surface area contributed by atoms with Crippen LogP contribution in [0, 0.1) is 0 Å². The van der Waals surface area contributed by atoms with Gasteiger partial charge in [-0.2, -0.15) is 0 Å². The Morgan fingerprint density at radius 1 is 1.50 bits per heavy atom. The molecule has 18 heavy (non-hydrogen) atoms. The Morgan fingerprint density at radius 3 is 2.67 bits per heavy atom. The lowest BCUT2D eigenvalue weighted by Gasteiger charge is -2.12. The first kappa shape index (κ1) is 15.7. The number of rotatable bonds is 6. The highest BCUT2D eigenvalue weighted by Crippen LogP contribution is 2.31. The number of aliphatic carboxylic acids is 1. The minimum atomic E-state index is -0.807. The predicted molar refractivity (Wildman–Crippen MR) is 78.1 cm³/mol. The largest absolute Gasteiger partial charge is 0.481 e. The second-order valence-electron chi connectivity index (χ2n) is 3.90. The van der Waals surface area contributed by atoms with E-state index >= 15 is 0 Å². The van der Waals surface area contributed by atoms with Crippen molar-refractivity contribution in [2.24, 2.45) is 0 Å². The molecule has 1 atom stereocenters. The van der Waals surface area contributed by atoms with E-state index in [0.717, 1.165) is 7.57 Å². The van der Waals surface area contributed by atoms with Crippen molar-refractivity contribution >= 4 is 55.1 Å². The molecule has 100 valence electrons. The number of thiophene rings is 1. The number of nitrogens with one attached hydrogen (secondary N) is 1. The molecule has 0 saturated heterocycles. The van der Waals surface area contributed by atoms with Crippen LogP contribution in [-0.2, 0) is 4.79 Å². The summed E-state index contributed by atoms with van der Waals surface area (Å²) in [6.07, 6.45) is 1.35. The molecule has 0 saturated carbocycles. The van der Waals surface area contributed by atoms with E-state index < -0.39 is 5.97 Å². The molecular weight excluding hydrogens is 386 g/mol. The summed E-state index contributed by atoms with van der Waals surface area (Å²) in [5.74, 6) is -0.954. The van der Waals surface area contributed by atoms with Crippen LogP contribution in [-0.4, -0.2) is 23.0 Å². The van der Waals surface area contributed by atoms with Gasteiger partial charge in [-0.3, -0.25) is 9.59 Å². The zero-order chi connectivity index (χ0) is 13.7. The highest BCUT2D eigenvalue weighted by atomic mass is 79.9. The average Bonchev–Trinajstić information content (AvgIpc) is 2.57. The van der Waals surface area contributed by atoms with Crippen LogP contribution in [0.25, 0.3) is 0 Å². The summed E-state index contributed by atoms with van der Waals surface area (Å²) >= 11 is 8.09. The van der Waals surface area contributed by atoms with Crippen LogP contribution in [0.2, 0.25) is 0 Å². The monoisotopic (exact) mass is 397 g/mol. The van der Waals surface area contributed by atoms with Gasteiger partial charge in [-0.15, -0.1) is 11.3 Å². The van der Waals surface area contributed by atoms with Gasteiger partial charge < -0.3 is 10.4 Å². The zero-order valence-electron chi connectivity index (χ0n) is 9.70. The molecule has 0 aliphatic heterocycles. The molecule has 1 amide bonds. The minimum Gasteiger partial charge on any atom is -0.481 e. The number of carbonyl (C=O) groups excluding carboxylic acids is 1. The molecule has 4 nitrogen and oxygen atoms in total. The fraction of sp³-hybridized carbons (Fsp3) is 0.455. The number of hydrogen-bond donors (Lipinski definition) is 2. The number of carboxylic acid groups (broad SMARTS) is 1. The molecule has 1 heterocycles. The number of hydrogen-bond acceptors (Lipinski definition) is 3. The Morgan fingerprint density at radius 2 is 2.17 bits per heavy atom. The van der Waals surface area contributed by atoms with E-state index in [2.05, 4.69) is 37.2 Å². The van der Waals surface area contributed by atoms with Gasteiger partial charge in [0, 0.05) is 12.5 Å². The van der Waals surface area contributed by atoms with E-state index in [1.165, 1.54) is 11.3 Å². The van der Waals surface area contributed by atoms with E-state index in [-0.39, 0.29) is 18.4 Å². The van der Waals surface area contributed by atoms with E-state index in [4.69, 9.17) is 5.11 Å². The standard InChI is InChI=1S/C11H13Br2NO3S/c1-6(3-2-4-9(15)16)14-11(17)7-5-8(12)18-10(7)13/h5-6H,2-4H2,1H3,(H,14,17)(H,15,16). The van der Waals surface area contributed by atoms with Crippen molar-refractivity contribution in [3.05, 3.63) is 19.2 Å². The summed E-state index contributed by atoms with van der Waals surface area (Å²) in [6.45, 7) is 1.87. The van der Waals surface area contributed by atoms with Crippen molar-refractivity contribution in [2.75, 3.05) is 0 Å².